The molecule has 0 aliphatic heterocycles. The van der Waals surface area contributed by atoms with Crippen LogP contribution in [0.4, 0.5) is 0 Å². The lowest BCUT2D eigenvalue weighted by molar-refractivity contribution is 0.699. The molecule has 3 aromatic rings. The molecule has 0 radical (unpaired) electrons. The molecule has 2 aromatic heterocycles. The van der Waals surface area contributed by atoms with Crippen molar-refractivity contribution in [3.05, 3.63) is 50.1 Å². The molecule has 138 valence electrons. The number of hydrogen-bond donors (Lipinski definition) is 0. The Labute approximate surface area is 166 Å². The number of nitrogens with zero attached hydrogens (tertiary/aromatic N) is 3. The topological polar surface area (TPSA) is 58.7 Å². The van der Waals surface area contributed by atoms with Crippen molar-refractivity contribution >= 4 is 33.3 Å². The second kappa shape index (κ2) is 7.49. The maximum absolute atomic E-state index is 13.6. The van der Waals surface area contributed by atoms with Crippen molar-refractivity contribution in [1.82, 2.24) is 9.55 Å². The molecule has 0 N–H and O–H groups in total. The van der Waals surface area contributed by atoms with Crippen LogP contribution in [0.5, 0.6) is 0 Å². The highest BCUT2D eigenvalue weighted by Gasteiger charge is 2.23. The predicted molar refractivity (Wildman–Crippen MR) is 112 cm³/mol. The molecule has 4 rings (SSSR count). The number of thiophene rings is 1. The minimum Gasteiger partial charge on any atom is -0.268 e. The lowest BCUT2D eigenvalue weighted by Gasteiger charge is -2.15. The van der Waals surface area contributed by atoms with Crippen molar-refractivity contribution in [1.29, 1.82) is 5.26 Å². The molecule has 0 bridgehead atoms. The van der Waals surface area contributed by atoms with Gasteiger partial charge < -0.3 is 0 Å². The highest BCUT2D eigenvalue weighted by molar-refractivity contribution is 7.99. The van der Waals surface area contributed by atoms with Crippen LogP contribution in [0.15, 0.2) is 28.2 Å². The predicted octanol–water partition coefficient (Wildman–Crippen LogP) is 4.95. The maximum atomic E-state index is 13.6. The van der Waals surface area contributed by atoms with Crippen molar-refractivity contribution in [3.63, 3.8) is 0 Å². The molecule has 6 heteroatoms. The minimum absolute atomic E-state index is 0.0348. The number of rotatable bonds is 4. The Bertz CT molecular complexity index is 1120. The fraction of sp³-hybridized carbons (Fsp3) is 0.381. The SMILES string of the molecule is Cc1ccc(C)c(-n2c(SCCC#N)nc3sc4c(c3c2=O)CCCC4)c1. The first-order valence-corrected chi connectivity index (χ1v) is 11.0. The van der Waals surface area contributed by atoms with Crippen molar-refractivity contribution in [2.24, 2.45) is 0 Å². The molecule has 1 aromatic carbocycles. The van der Waals surface area contributed by atoms with Gasteiger partial charge in [-0.2, -0.15) is 5.26 Å². The standard InChI is InChI=1S/C21H21N3OS2/c1-13-8-9-14(2)16(12-13)24-20(25)18-15-6-3-4-7-17(15)27-19(18)23-21(24)26-11-5-10-22/h8-9,12H,3-7,11H2,1-2H3. The van der Waals surface area contributed by atoms with E-state index in [0.717, 1.165) is 46.3 Å². The summed E-state index contributed by atoms with van der Waals surface area (Å²) in [7, 11) is 0. The molecule has 0 spiro atoms. The molecule has 27 heavy (non-hydrogen) atoms. The number of thioether (sulfide) groups is 1. The lowest BCUT2D eigenvalue weighted by Crippen LogP contribution is -2.23. The average molecular weight is 396 g/mol. The van der Waals surface area contributed by atoms with E-state index in [1.54, 1.807) is 15.9 Å². The molecular weight excluding hydrogens is 374 g/mol. The van der Waals surface area contributed by atoms with E-state index in [-0.39, 0.29) is 5.56 Å². The van der Waals surface area contributed by atoms with Gasteiger partial charge in [0.1, 0.15) is 4.83 Å². The summed E-state index contributed by atoms with van der Waals surface area (Å²) in [6.45, 7) is 4.06. The Balaban J connectivity index is 2.00. The van der Waals surface area contributed by atoms with Crippen LogP contribution < -0.4 is 5.56 Å². The van der Waals surface area contributed by atoms with E-state index < -0.39 is 0 Å². The van der Waals surface area contributed by atoms with Crippen LogP contribution in [0.1, 0.15) is 40.8 Å². The molecule has 2 heterocycles. The van der Waals surface area contributed by atoms with Gasteiger partial charge in [0, 0.05) is 17.1 Å². The third-order valence-corrected chi connectivity index (χ3v) is 7.13. The number of aryl methyl sites for hydroxylation is 4. The average Bonchev–Trinajstić information content (AvgIpc) is 3.03. The zero-order chi connectivity index (χ0) is 19.0. The summed E-state index contributed by atoms with van der Waals surface area (Å²) in [5.74, 6) is 0.629. The van der Waals surface area contributed by atoms with Crippen molar-refractivity contribution in [2.75, 3.05) is 5.75 Å². The first kappa shape index (κ1) is 18.3. The van der Waals surface area contributed by atoms with Gasteiger partial charge in [-0.3, -0.25) is 9.36 Å². The van der Waals surface area contributed by atoms with Crippen LogP contribution >= 0.6 is 23.1 Å². The van der Waals surface area contributed by atoms with Gasteiger partial charge in [0.05, 0.1) is 17.1 Å². The van der Waals surface area contributed by atoms with Crippen LogP contribution in [0, 0.1) is 25.2 Å². The smallest absolute Gasteiger partial charge is 0.267 e. The van der Waals surface area contributed by atoms with Gasteiger partial charge in [0.15, 0.2) is 5.16 Å². The van der Waals surface area contributed by atoms with E-state index in [1.807, 2.05) is 19.9 Å². The van der Waals surface area contributed by atoms with Gasteiger partial charge in [0.25, 0.3) is 5.56 Å². The monoisotopic (exact) mass is 395 g/mol. The zero-order valence-corrected chi connectivity index (χ0v) is 17.2. The van der Waals surface area contributed by atoms with Gasteiger partial charge >= 0.3 is 0 Å². The zero-order valence-electron chi connectivity index (χ0n) is 15.5. The van der Waals surface area contributed by atoms with Gasteiger partial charge in [-0.15, -0.1) is 11.3 Å². The summed E-state index contributed by atoms with van der Waals surface area (Å²) in [5.41, 5.74) is 4.31. The maximum Gasteiger partial charge on any atom is 0.267 e. The molecule has 4 nitrogen and oxygen atoms in total. The number of aromatic nitrogens is 2. The fourth-order valence-corrected chi connectivity index (χ4v) is 5.80. The molecule has 0 saturated carbocycles. The van der Waals surface area contributed by atoms with Crippen molar-refractivity contribution in [2.45, 2.75) is 51.1 Å². The van der Waals surface area contributed by atoms with Crippen LogP contribution in [-0.2, 0) is 12.8 Å². The Kier molecular flexibility index (Phi) is 5.07. The third-order valence-electron chi connectivity index (χ3n) is 5.01. The molecule has 0 atom stereocenters. The fourth-order valence-electron chi connectivity index (χ4n) is 3.64. The van der Waals surface area contributed by atoms with Gasteiger partial charge in [-0.1, -0.05) is 23.9 Å². The highest BCUT2D eigenvalue weighted by atomic mass is 32.2. The van der Waals surface area contributed by atoms with E-state index in [2.05, 4.69) is 18.2 Å². The minimum atomic E-state index is 0.0348. The summed E-state index contributed by atoms with van der Waals surface area (Å²) < 4.78 is 1.77. The number of benzene rings is 1. The van der Waals surface area contributed by atoms with Crippen molar-refractivity contribution < 1.29 is 0 Å². The summed E-state index contributed by atoms with van der Waals surface area (Å²) >= 11 is 3.17. The highest BCUT2D eigenvalue weighted by Crippen LogP contribution is 2.35. The normalized spacial score (nSPS) is 13.5. The number of hydrogen-bond acceptors (Lipinski definition) is 5. The largest absolute Gasteiger partial charge is 0.268 e. The van der Waals surface area contributed by atoms with Crippen LogP contribution in [0.3, 0.4) is 0 Å². The Morgan fingerprint density at radius 2 is 2.11 bits per heavy atom. The van der Waals surface area contributed by atoms with Gasteiger partial charge in [-0.25, -0.2) is 4.98 Å². The van der Waals surface area contributed by atoms with E-state index in [9.17, 15) is 4.79 Å². The second-order valence-corrected chi connectivity index (χ2v) is 9.12. The molecule has 0 unspecified atom stereocenters. The van der Waals surface area contributed by atoms with Crippen molar-refractivity contribution in [3.8, 4) is 11.8 Å². The summed E-state index contributed by atoms with van der Waals surface area (Å²) in [6, 6.07) is 8.34. The quantitative estimate of drug-likeness (QED) is 0.356. The Hall–Kier alpha value is -2.10. The Morgan fingerprint density at radius 3 is 2.93 bits per heavy atom. The molecule has 0 saturated heterocycles. The lowest BCUT2D eigenvalue weighted by atomic mass is 9.97. The van der Waals surface area contributed by atoms with Crippen LogP contribution in [-0.4, -0.2) is 15.3 Å². The Morgan fingerprint density at radius 1 is 1.30 bits per heavy atom. The molecule has 1 aliphatic rings. The molecule has 0 fully saturated rings. The second-order valence-electron chi connectivity index (χ2n) is 6.97. The molecular formula is C21H21N3OS2. The number of nitriles is 1. The summed E-state index contributed by atoms with van der Waals surface area (Å²) in [4.78, 5) is 20.7. The summed E-state index contributed by atoms with van der Waals surface area (Å²) in [6.07, 6.45) is 4.79. The van der Waals surface area contributed by atoms with E-state index >= 15 is 0 Å². The van der Waals surface area contributed by atoms with Gasteiger partial charge in [-0.05, 0) is 62.3 Å². The first-order valence-electron chi connectivity index (χ1n) is 9.25. The molecule has 0 amide bonds. The van der Waals surface area contributed by atoms with E-state index in [1.165, 1.54) is 28.6 Å². The third kappa shape index (κ3) is 3.30. The molecule has 1 aliphatic carbocycles. The van der Waals surface area contributed by atoms with Crippen LogP contribution in [0.25, 0.3) is 15.9 Å². The number of fused-ring (bicyclic) bond motifs is 3. The van der Waals surface area contributed by atoms with Crippen LogP contribution in [0.2, 0.25) is 0 Å². The summed E-state index contributed by atoms with van der Waals surface area (Å²) in [5, 5.41) is 10.4. The first-order chi connectivity index (χ1) is 13.1. The van der Waals surface area contributed by atoms with E-state index in [4.69, 9.17) is 10.2 Å². The van der Waals surface area contributed by atoms with E-state index in [0.29, 0.717) is 17.3 Å². The van der Waals surface area contributed by atoms with Gasteiger partial charge in [0.2, 0.25) is 0 Å².